The van der Waals surface area contributed by atoms with E-state index >= 15 is 0 Å². The number of hydrogen-bond donors (Lipinski definition) is 0. The first-order valence-electron chi connectivity index (χ1n) is 8.61. The second kappa shape index (κ2) is 8.84. The summed E-state index contributed by atoms with van der Waals surface area (Å²) < 4.78 is 25.7. The maximum absolute atomic E-state index is 12.9. The average molecular weight is 343 g/mol. The van der Waals surface area contributed by atoms with Crippen molar-refractivity contribution in [3.63, 3.8) is 0 Å². The molecule has 3 heteroatoms. The van der Waals surface area contributed by atoms with Crippen molar-refractivity contribution in [2.45, 2.75) is 43.9 Å². The van der Waals surface area contributed by atoms with Crippen LogP contribution in [0.2, 0.25) is 0 Å². The van der Waals surface area contributed by atoms with E-state index in [1.807, 2.05) is 48.5 Å². The molecule has 128 valence electrons. The minimum Gasteiger partial charge on any atom is -0.223 e. The lowest BCUT2D eigenvalue weighted by molar-refractivity contribution is 0.596. The first kappa shape index (κ1) is 18.5. The van der Waals surface area contributed by atoms with E-state index in [1.165, 1.54) is 18.9 Å². The van der Waals surface area contributed by atoms with Crippen LogP contribution in [0.5, 0.6) is 0 Å². The van der Waals surface area contributed by atoms with Gasteiger partial charge in [0, 0.05) is 5.56 Å². The predicted octanol–water partition coefficient (Wildman–Crippen LogP) is 5.44. The van der Waals surface area contributed by atoms with Crippen LogP contribution < -0.4 is 0 Å². The molecular weight excluding hydrogens is 316 g/mol. The van der Waals surface area contributed by atoms with Gasteiger partial charge in [0.05, 0.1) is 10.6 Å². The first-order chi connectivity index (χ1) is 11.6. The molecular formula is C21H26O2S. The molecule has 0 amide bonds. The van der Waals surface area contributed by atoms with E-state index in [9.17, 15) is 8.42 Å². The molecule has 0 bridgehead atoms. The molecule has 2 rings (SSSR count). The highest BCUT2D eigenvalue weighted by atomic mass is 32.2. The van der Waals surface area contributed by atoms with Crippen molar-refractivity contribution in [2.24, 2.45) is 0 Å². The maximum atomic E-state index is 12.9. The number of aryl methyl sites for hydroxylation is 1. The topological polar surface area (TPSA) is 34.1 Å². The van der Waals surface area contributed by atoms with E-state index in [-0.39, 0.29) is 5.75 Å². The molecule has 24 heavy (non-hydrogen) atoms. The first-order valence-corrected chi connectivity index (χ1v) is 10.3. The summed E-state index contributed by atoms with van der Waals surface area (Å²) in [6, 6.07) is 15.6. The minimum atomic E-state index is -3.38. The zero-order chi connectivity index (χ0) is 17.4. The molecule has 2 aromatic rings. The van der Waals surface area contributed by atoms with E-state index in [4.69, 9.17) is 0 Å². The molecule has 0 saturated carbocycles. The van der Waals surface area contributed by atoms with Gasteiger partial charge in [-0.25, -0.2) is 8.42 Å². The Kier molecular flexibility index (Phi) is 6.80. The fourth-order valence-electron chi connectivity index (χ4n) is 2.97. The van der Waals surface area contributed by atoms with E-state index in [0.717, 1.165) is 36.0 Å². The average Bonchev–Trinajstić information content (AvgIpc) is 2.59. The lowest BCUT2D eigenvalue weighted by Gasteiger charge is -2.15. The third kappa shape index (κ3) is 4.57. The number of benzene rings is 2. The van der Waals surface area contributed by atoms with Crippen molar-refractivity contribution in [3.05, 3.63) is 66.7 Å². The van der Waals surface area contributed by atoms with Crippen LogP contribution >= 0.6 is 0 Å². The summed E-state index contributed by atoms with van der Waals surface area (Å²) in [6.45, 7) is 5.79. The Morgan fingerprint density at radius 3 is 2.38 bits per heavy atom. The molecule has 0 saturated heterocycles. The zero-order valence-electron chi connectivity index (χ0n) is 14.4. The summed E-state index contributed by atoms with van der Waals surface area (Å²) in [4.78, 5) is 0.479. The molecule has 0 heterocycles. The Hall–Kier alpha value is -1.87. The second-order valence-electron chi connectivity index (χ2n) is 6.04. The highest BCUT2D eigenvalue weighted by molar-refractivity contribution is 7.91. The van der Waals surface area contributed by atoms with Crippen LogP contribution in [-0.2, 0) is 16.3 Å². The normalized spacial score (nSPS) is 11.4. The Balaban J connectivity index is 2.49. The van der Waals surface area contributed by atoms with Crippen molar-refractivity contribution in [1.82, 2.24) is 0 Å². The van der Waals surface area contributed by atoms with E-state index in [0.29, 0.717) is 4.90 Å². The van der Waals surface area contributed by atoms with Gasteiger partial charge in [-0.1, -0.05) is 80.8 Å². The molecule has 2 nitrogen and oxygen atoms in total. The Morgan fingerprint density at radius 2 is 1.71 bits per heavy atom. The minimum absolute atomic E-state index is 0.0290. The standard InChI is InChI=1S/C21H26O2S/c1-3-5-6-8-14-19-15-11-16-20(18-12-9-7-10-13-18)21(19)24(22,23)17-4-2/h4,7,9-13,15-16H,2-3,5-6,8,14,17H2,1H3. The highest BCUT2D eigenvalue weighted by Crippen LogP contribution is 2.32. The monoisotopic (exact) mass is 342 g/mol. The van der Waals surface area contributed by atoms with Gasteiger partial charge in [-0.05, 0) is 24.0 Å². The van der Waals surface area contributed by atoms with Gasteiger partial charge in [-0.2, -0.15) is 0 Å². The highest BCUT2D eigenvalue weighted by Gasteiger charge is 2.22. The third-order valence-corrected chi connectivity index (χ3v) is 5.91. The molecule has 0 atom stereocenters. The lowest BCUT2D eigenvalue weighted by Crippen LogP contribution is -2.10. The molecule has 0 aliphatic rings. The van der Waals surface area contributed by atoms with Gasteiger partial charge >= 0.3 is 0 Å². The van der Waals surface area contributed by atoms with Crippen molar-refractivity contribution < 1.29 is 8.42 Å². The molecule has 0 aliphatic carbocycles. The Morgan fingerprint density at radius 1 is 0.958 bits per heavy atom. The molecule has 0 radical (unpaired) electrons. The van der Waals surface area contributed by atoms with Crippen molar-refractivity contribution in [3.8, 4) is 11.1 Å². The fraction of sp³-hybridized carbons (Fsp3) is 0.333. The van der Waals surface area contributed by atoms with Crippen molar-refractivity contribution in [2.75, 3.05) is 5.75 Å². The number of hydrogen-bond acceptors (Lipinski definition) is 2. The largest absolute Gasteiger partial charge is 0.223 e. The van der Waals surface area contributed by atoms with Crippen LogP contribution in [0.25, 0.3) is 11.1 Å². The van der Waals surface area contributed by atoms with Crippen LogP contribution in [0.3, 0.4) is 0 Å². The quantitative estimate of drug-likeness (QED) is 0.449. The summed E-state index contributed by atoms with van der Waals surface area (Å²) in [5.74, 6) is -0.0290. The summed E-state index contributed by atoms with van der Waals surface area (Å²) in [5.41, 5.74) is 2.66. The van der Waals surface area contributed by atoms with Crippen LogP contribution in [0, 0.1) is 0 Å². The Bertz CT molecular complexity index is 762. The lowest BCUT2D eigenvalue weighted by atomic mass is 9.99. The van der Waals surface area contributed by atoms with Gasteiger partial charge in [-0.15, -0.1) is 6.58 Å². The fourth-order valence-corrected chi connectivity index (χ4v) is 4.54. The van der Waals surface area contributed by atoms with Crippen molar-refractivity contribution in [1.29, 1.82) is 0 Å². The maximum Gasteiger partial charge on any atom is 0.182 e. The van der Waals surface area contributed by atoms with E-state index in [1.54, 1.807) is 0 Å². The SMILES string of the molecule is C=CCS(=O)(=O)c1c(CCCCCC)cccc1-c1ccccc1. The molecule has 2 aromatic carbocycles. The van der Waals surface area contributed by atoms with Gasteiger partial charge < -0.3 is 0 Å². The molecule has 0 unspecified atom stereocenters. The van der Waals surface area contributed by atoms with Crippen LogP contribution in [-0.4, -0.2) is 14.2 Å². The van der Waals surface area contributed by atoms with Gasteiger partial charge in [0.2, 0.25) is 0 Å². The number of rotatable bonds is 9. The van der Waals surface area contributed by atoms with Crippen LogP contribution in [0.4, 0.5) is 0 Å². The number of unbranched alkanes of at least 4 members (excludes halogenated alkanes) is 3. The van der Waals surface area contributed by atoms with E-state index < -0.39 is 9.84 Å². The summed E-state index contributed by atoms with van der Waals surface area (Å²) in [6.07, 6.45) is 6.78. The molecule has 0 spiro atoms. The molecule has 0 fully saturated rings. The van der Waals surface area contributed by atoms with Crippen molar-refractivity contribution >= 4 is 9.84 Å². The smallest absolute Gasteiger partial charge is 0.182 e. The van der Waals surface area contributed by atoms with Crippen LogP contribution in [0.1, 0.15) is 38.2 Å². The van der Waals surface area contributed by atoms with Gasteiger partial charge in [-0.3, -0.25) is 0 Å². The van der Waals surface area contributed by atoms with Gasteiger partial charge in [0.25, 0.3) is 0 Å². The van der Waals surface area contributed by atoms with Gasteiger partial charge in [0.1, 0.15) is 0 Å². The van der Waals surface area contributed by atoms with Crippen LogP contribution in [0.15, 0.2) is 66.1 Å². The molecule has 0 N–H and O–H groups in total. The van der Waals surface area contributed by atoms with E-state index in [2.05, 4.69) is 13.5 Å². The van der Waals surface area contributed by atoms with Gasteiger partial charge in [0.15, 0.2) is 9.84 Å². The molecule has 0 aliphatic heterocycles. The second-order valence-corrected chi connectivity index (χ2v) is 8.01. The summed E-state index contributed by atoms with van der Waals surface area (Å²) in [7, 11) is -3.38. The molecule has 0 aromatic heterocycles. The number of sulfone groups is 1. The summed E-state index contributed by atoms with van der Waals surface area (Å²) >= 11 is 0. The summed E-state index contributed by atoms with van der Waals surface area (Å²) in [5, 5.41) is 0. The predicted molar refractivity (Wildman–Crippen MR) is 102 cm³/mol. The third-order valence-electron chi connectivity index (χ3n) is 4.13. The Labute approximate surface area is 146 Å². The zero-order valence-corrected chi connectivity index (χ0v) is 15.2.